The number of para-hydroxylation sites is 1. The smallest absolute Gasteiger partial charge is 0.289 e. The van der Waals surface area contributed by atoms with Crippen molar-refractivity contribution in [2.75, 3.05) is 0 Å². The van der Waals surface area contributed by atoms with E-state index in [9.17, 15) is 9.90 Å². The van der Waals surface area contributed by atoms with Gasteiger partial charge in [0.2, 0.25) is 0 Å². The van der Waals surface area contributed by atoms with Gasteiger partial charge in [0, 0.05) is 16.0 Å². The van der Waals surface area contributed by atoms with Gasteiger partial charge in [0.1, 0.15) is 11.4 Å². The van der Waals surface area contributed by atoms with Gasteiger partial charge in [-0.3, -0.25) is 4.79 Å². The first-order chi connectivity index (χ1) is 11.1. The summed E-state index contributed by atoms with van der Waals surface area (Å²) >= 11 is 5.84. The van der Waals surface area contributed by atoms with Crippen LogP contribution in [0.25, 0.3) is 10.9 Å². The zero-order valence-corrected chi connectivity index (χ0v) is 12.7. The van der Waals surface area contributed by atoms with E-state index in [1.807, 2.05) is 30.3 Å². The van der Waals surface area contributed by atoms with Crippen LogP contribution in [0, 0.1) is 0 Å². The molecule has 2 N–H and O–H groups in total. The highest BCUT2D eigenvalue weighted by molar-refractivity contribution is 6.30. The fourth-order valence-electron chi connectivity index (χ4n) is 2.04. The molecule has 0 saturated carbocycles. The van der Waals surface area contributed by atoms with Crippen LogP contribution in [-0.4, -0.2) is 22.2 Å². The first-order valence-corrected chi connectivity index (χ1v) is 7.19. The Labute approximate surface area is 137 Å². The van der Waals surface area contributed by atoms with Gasteiger partial charge >= 0.3 is 0 Å². The Hall–Kier alpha value is -2.92. The summed E-state index contributed by atoms with van der Waals surface area (Å²) in [6, 6.07) is 15.5. The Balaban J connectivity index is 1.75. The van der Waals surface area contributed by atoms with E-state index in [1.165, 1.54) is 12.3 Å². The quantitative estimate of drug-likeness (QED) is 0.573. The van der Waals surface area contributed by atoms with E-state index in [1.54, 1.807) is 18.2 Å². The monoisotopic (exact) mass is 325 g/mol. The summed E-state index contributed by atoms with van der Waals surface area (Å²) in [4.78, 5) is 16.3. The maximum atomic E-state index is 12.1. The summed E-state index contributed by atoms with van der Waals surface area (Å²) in [5.74, 6) is -0.412. The number of aromatic hydroxyl groups is 1. The maximum absolute atomic E-state index is 12.1. The molecule has 23 heavy (non-hydrogen) atoms. The fourth-order valence-corrected chi connectivity index (χ4v) is 2.22. The van der Waals surface area contributed by atoms with Crippen LogP contribution < -0.4 is 5.43 Å². The Bertz CT molecular complexity index is 909. The molecule has 0 radical (unpaired) electrons. The lowest BCUT2D eigenvalue weighted by atomic mass is 10.2. The molecule has 0 aliphatic carbocycles. The van der Waals surface area contributed by atoms with Crippen LogP contribution >= 0.6 is 11.6 Å². The first kappa shape index (κ1) is 15.0. The first-order valence-electron chi connectivity index (χ1n) is 6.81. The number of phenols is 1. The Morgan fingerprint density at radius 3 is 2.87 bits per heavy atom. The van der Waals surface area contributed by atoms with Crippen LogP contribution in [-0.2, 0) is 0 Å². The molecule has 0 aliphatic rings. The minimum Gasteiger partial charge on any atom is -0.507 e. The third-order valence-corrected chi connectivity index (χ3v) is 3.43. The van der Waals surface area contributed by atoms with Crippen molar-refractivity contribution in [3.05, 3.63) is 70.9 Å². The molecule has 0 aliphatic heterocycles. The number of amides is 1. The predicted molar refractivity (Wildman–Crippen MR) is 89.9 cm³/mol. The molecule has 0 saturated heterocycles. The number of hydrazone groups is 1. The largest absolute Gasteiger partial charge is 0.507 e. The molecule has 0 spiro atoms. The van der Waals surface area contributed by atoms with Crippen LogP contribution in [0.2, 0.25) is 5.02 Å². The van der Waals surface area contributed by atoms with Gasteiger partial charge in [-0.15, -0.1) is 0 Å². The SMILES string of the molecule is O=C(N/N=C/c1cc(Cl)ccc1O)c1ccc2ccccc2n1. The van der Waals surface area contributed by atoms with Crippen molar-refractivity contribution in [3.8, 4) is 5.75 Å². The number of halogens is 1. The molecule has 0 unspecified atom stereocenters. The highest BCUT2D eigenvalue weighted by atomic mass is 35.5. The van der Waals surface area contributed by atoms with E-state index < -0.39 is 5.91 Å². The Morgan fingerprint density at radius 1 is 1.17 bits per heavy atom. The van der Waals surface area contributed by atoms with Gasteiger partial charge in [0.25, 0.3) is 5.91 Å². The number of benzene rings is 2. The van der Waals surface area contributed by atoms with Crippen molar-refractivity contribution >= 4 is 34.6 Å². The van der Waals surface area contributed by atoms with Crippen molar-refractivity contribution in [1.29, 1.82) is 0 Å². The molecule has 5 nitrogen and oxygen atoms in total. The summed E-state index contributed by atoms with van der Waals surface area (Å²) in [7, 11) is 0. The Kier molecular flexibility index (Phi) is 4.21. The molecule has 114 valence electrons. The molecule has 1 amide bonds. The van der Waals surface area contributed by atoms with E-state index in [0.29, 0.717) is 10.6 Å². The van der Waals surface area contributed by atoms with E-state index in [-0.39, 0.29) is 11.4 Å². The number of rotatable bonds is 3. The predicted octanol–water partition coefficient (Wildman–Crippen LogP) is 3.36. The zero-order valence-electron chi connectivity index (χ0n) is 11.9. The molecule has 0 bridgehead atoms. The highest BCUT2D eigenvalue weighted by Crippen LogP contribution is 2.19. The molecule has 0 atom stereocenters. The molecule has 2 aromatic carbocycles. The van der Waals surface area contributed by atoms with E-state index in [4.69, 9.17) is 11.6 Å². The number of aromatic nitrogens is 1. The molecule has 1 heterocycles. The summed E-state index contributed by atoms with van der Waals surface area (Å²) in [5, 5.41) is 14.9. The average Bonchev–Trinajstić information content (AvgIpc) is 2.57. The second kappa shape index (κ2) is 6.46. The van der Waals surface area contributed by atoms with Gasteiger partial charge in [-0.2, -0.15) is 5.10 Å². The van der Waals surface area contributed by atoms with Crippen LogP contribution in [0.4, 0.5) is 0 Å². The van der Waals surface area contributed by atoms with Crippen LogP contribution in [0.5, 0.6) is 5.75 Å². The summed E-state index contributed by atoms with van der Waals surface area (Å²) in [5.41, 5.74) is 3.77. The molecular formula is C17H12ClN3O2. The van der Waals surface area contributed by atoms with Crippen LogP contribution in [0.1, 0.15) is 16.1 Å². The summed E-state index contributed by atoms with van der Waals surface area (Å²) in [6.07, 6.45) is 1.32. The van der Waals surface area contributed by atoms with Gasteiger partial charge in [-0.1, -0.05) is 35.9 Å². The number of pyridine rings is 1. The molecule has 0 fully saturated rings. The third kappa shape index (κ3) is 3.46. The lowest BCUT2D eigenvalue weighted by Crippen LogP contribution is -2.18. The Morgan fingerprint density at radius 2 is 2.00 bits per heavy atom. The second-order valence-corrected chi connectivity index (χ2v) is 5.23. The topological polar surface area (TPSA) is 74.6 Å². The van der Waals surface area contributed by atoms with E-state index in [2.05, 4.69) is 15.5 Å². The molecule has 1 aromatic heterocycles. The molecule has 3 rings (SSSR count). The lowest BCUT2D eigenvalue weighted by Gasteiger charge is -2.02. The summed E-state index contributed by atoms with van der Waals surface area (Å²) < 4.78 is 0. The highest BCUT2D eigenvalue weighted by Gasteiger charge is 2.07. The van der Waals surface area contributed by atoms with Crippen molar-refractivity contribution in [3.63, 3.8) is 0 Å². The lowest BCUT2D eigenvalue weighted by molar-refractivity contribution is 0.0950. The average molecular weight is 326 g/mol. The standard InChI is InChI=1S/C17H12ClN3O2/c18-13-6-8-16(22)12(9-13)10-19-21-17(23)15-7-5-11-3-1-2-4-14(11)20-15/h1-10,22H,(H,21,23)/b19-10+. The van der Waals surface area contributed by atoms with Gasteiger partial charge in [-0.05, 0) is 30.3 Å². The number of nitrogens with one attached hydrogen (secondary N) is 1. The number of hydrogen-bond donors (Lipinski definition) is 2. The number of carbonyl (C=O) groups excluding carboxylic acids is 1. The number of carbonyl (C=O) groups is 1. The number of hydrogen-bond acceptors (Lipinski definition) is 4. The van der Waals surface area contributed by atoms with Crippen LogP contribution in [0.3, 0.4) is 0 Å². The van der Waals surface area contributed by atoms with Gasteiger partial charge in [-0.25, -0.2) is 10.4 Å². The molecule has 3 aromatic rings. The van der Waals surface area contributed by atoms with Crippen molar-refractivity contribution < 1.29 is 9.90 Å². The van der Waals surface area contributed by atoms with Gasteiger partial charge < -0.3 is 5.11 Å². The number of nitrogens with zero attached hydrogens (tertiary/aromatic N) is 2. The molecule has 6 heteroatoms. The maximum Gasteiger partial charge on any atom is 0.289 e. The van der Waals surface area contributed by atoms with Crippen molar-refractivity contribution in [1.82, 2.24) is 10.4 Å². The number of phenolic OH excluding ortho intramolecular Hbond substituents is 1. The minimum atomic E-state index is -0.437. The normalized spacial score (nSPS) is 11.0. The second-order valence-electron chi connectivity index (χ2n) is 4.79. The van der Waals surface area contributed by atoms with Gasteiger partial charge in [0.15, 0.2) is 0 Å². The fraction of sp³-hybridized carbons (Fsp3) is 0. The van der Waals surface area contributed by atoms with Gasteiger partial charge in [0.05, 0.1) is 11.7 Å². The van der Waals surface area contributed by atoms with E-state index in [0.717, 1.165) is 10.9 Å². The van der Waals surface area contributed by atoms with Crippen molar-refractivity contribution in [2.24, 2.45) is 5.10 Å². The zero-order chi connectivity index (χ0) is 16.2. The van der Waals surface area contributed by atoms with Crippen molar-refractivity contribution in [2.45, 2.75) is 0 Å². The van der Waals surface area contributed by atoms with Crippen LogP contribution in [0.15, 0.2) is 59.7 Å². The third-order valence-electron chi connectivity index (χ3n) is 3.19. The van der Waals surface area contributed by atoms with E-state index >= 15 is 0 Å². The number of fused-ring (bicyclic) bond motifs is 1. The minimum absolute atomic E-state index is 0.0243. The molecular weight excluding hydrogens is 314 g/mol. The summed E-state index contributed by atoms with van der Waals surface area (Å²) in [6.45, 7) is 0.